The van der Waals surface area contributed by atoms with Gasteiger partial charge >= 0.3 is 6.03 Å². The van der Waals surface area contributed by atoms with Crippen molar-refractivity contribution in [1.29, 1.82) is 0 Å². The zero-order valence-corrected chi connectivity index (χ0v) is 11.9. The summed E-state index contributed by atoms with van der Waals surface area (Å²) in [7, 11) is 0. The highest BCUT2D eigenvalue weighted by Gasteiger charge is 2.36. The number of hydrogen-bond donors (Lipinski definition) is 3. The molecule has 104 valence electrons. The molecular weight excluding hydrogens is 238 g/mol. The molecule has 0 aliphatic heterocycles. The van der Waals surface area contributed by atoms with Crippen LogP contribution < -0.4 is 16.4 Å². The molecule has 0 spiro atoms. The van der Waals surface area contributed by atoms with E-state index in [-0.39, 0.29) is 6.03 Å². The Balaban J connectivity index is 1.92. The monoisotopic (exact) mass is 261 g/mol. The lowest BCUT2D eigenvalue weighted by atomic mass is 10.0. The van der Waals surface area contributed by atoms with Crippen LogP contribution in [0.2, 0.25) is 0 Å². The molecule has 1 aliphatic carbocycles. The fourth-order valence-corrected chi connectivity index (χ4v) is 2.39. The van der Waals surface area contributed by atoms with Crippen molar-refractivity contribution < 1.29 is 4.79 Å². The van der Waals surface area contributed by atoms with Crippen molar-refractivity contribution in [1.82, 2.24) is 5.32 Å². The second kappa shape index (κ2) is 5.51. The number of nitrogen functional groups attached to an aromatic ring is 1. The lowest BCUT2D eigenvalue weighted by Crippen LogP contribution is -2.31. The summed E-state index contributed by atoms with van der Waals surface area (Å²) >= 11 is 0. The van der Waals surface area contributed by atoms with Gasteiger partial charge in [-0.1, -0.05) is 33.3 Å². The number of urea groups is 1. The molecule has 0 radical (unpaired) electrons. The Hall–Kier alpha value is -1.71. The zero-order chi connectivity index (χ0) is 14.0. The van der Waals surface area contributed by atoms with Gasteiger partial charge in [0.15, 0.2) is 0 Å². The standard InChI is InChI=1S/C15H23N3O/c1-4-10-7-14(10)18-15(19)17-11-5-6-12(9(2)3)13(16)8-11/h5-6,8-10,14H,4,7,16H2,1-3H3,(H2,17,18,19). The number of benzene rings is 1. The maximum atomic E-state index is 11.8. The summed E-state index contributed by atoms with van der Waals surface area (Å²) in [4.78, 5) is 11.8. The van der Waals surface area contributed by atoms with Crippen LogP contribution in [-0.2, 0) is 0 Å². The summed E-state index contributed by atoms with van der Waals surface area (Å²) in [6, 6.07) is 5.89. The third kappa shape index (κ3) is 3.40. The molecule has 1 saturated carbocycles. The first-order chi connectivity index (χ1) is 9.01. The minimum absolute atomic E-state index is 0.141. The van der Waals surface area contributed by atoms with Crippen LogP contribution in [0.5, 0.6) is 0 Å². The number of hydrogen-bond acceptors (Lipinski definition) is 2. The van der Waals surface area contributed by atoms with E-state index in [1.54, 1.807) is 0 Å². The van der Waals surface area contributed by atoms with Crippen LogP contribution in [0, 0.1) is 5.92 Å². The highest BCUT2D eigenvalue weighted by Crippen LogP contribution is 2.33. The minimum atomic E-state index is -0.141. The van der Waals surface area contributed by atoms with Crippen molar-refractivity contribution in [2.75, 3.05) is 11.1 Å². The number of anilines is 2. The molecule has 0 bridgehead atoms. The van der Waals surface area contributed by atoms with Gasteiger partial charge in [0.1, 0.15) is 0 Å². The number of carbonyl (C=O) groups excluding carboxylic acids is 1. The van der Waals surface area contributed by atoms with Crippen molar-refractivity contribution in [3.63, 3.8) is 0 Å². The summed E-state index contributed by atoms with van der Waals surface area (Å²) in [5.41, 5.74) is 8.56. The molecule has 19 heavy (non-hydrogen) atoms. The molecule has 2 amide bonds. The fourth-order valence-electron chi connectivity index (χ4n) is 2.39. The quantitative estimate of drug-likeness (QED) is 0.728. The van der Waals surface area contributed by atoms with Crippen LogP contribution in [-0.4, -0.2) is 12.1 Å². The third-order valence-electron chi connectivity index (χ3n) is 3.73. The second-order valence-electron chi connectivity index (χ2n) is 5.61. The largest absolute Gasteiger partial charge is 0.398 e. The molecule has 0 saturated heterocycles. The molecule has 1 aromatic rings. The summed E-state index contributed by atoms with van der Waals surface area (Å²) in [6.07, 6.45) is 2.22. The molecule has 2 rings (SSSR count). The van der Waals surface area contributed by atoms with Gasteiger partial charge < -0.3 is 16.4 Å². The van der Waals surface area contributed by atoms with E-state index in [0.29, 0.717) is 17.9 Å². The molecule has 0 aromatic heterocycles. The first-order valence-electron chi connectivity index (χ1n) is 6.98. The van der Waals surface area contributed by atoms with Crippen molar-refractivity contribution in [2.24, 2.45) is 5.92 Å². The first-order valence-corrected chi connectivity index (χ1v) is 6.98. The topological polar surface area (TPSA) is 67.2 Å². The molecule has 2 unspecified atom stereocenters. The Kier molecular flexibility index (Phi) is 3.98. The lowest BCUT2D eigenvalue weighted by molar-refractivity contribution is 0.251. The van der Waals surface area contributed by atoms with Gasteiger partial charge in [-0.15, -0.1) is 0 Å². The maximum Gasteiger partial charge on any atom is 0.319 e. The van der Waals surface area contributed by atoms with Crippen LogP contribution in [0.1, 0.15) is 45.1 Å². The lowest BCUT2D eigenvalue weighted by Gasteiger charge is -2.12. The minimum Gasteiger partial charge on any atom is -0.398 e. The van der Waals surface area contributed by atoms with Crippen LogP contribution in [0.15, 0.2) is 18.2 Å². The second-order valence-corrected chi connectivity index (χ2v) is 5.61. The number of carbonyl (C=O) groups is 1. The van der Waals surface area contributed by atoms with Crippen LogP contribution in [0.4, 0.5) is 16.2 Å². The average molecular weight is 261 g/mol. The van der Waals surface area contributed by atoms with E-state index in [2.05, 4.69) is 31.4 Å². The Morgan fingerprint density at radius 2 is 2.21 bits per heavy atom. The normalized spacial score (nSPS) is 21.3. The molecule has 4 nitrogen and oxygen atoms in total. The average Bonchev–Trinajstić information content (AvgIpc) is 3.06. The molecule has 1 aliphatic rings. The Labute approximate surface area is 114 Å². The number of rotatable bonds is 4. The summed E-state index contributed by atoms with van der Waals surface area (Å²) in [5, 5.41) is 5.80. The smallest absolute Gasteiger partial charge is 0.319 e. The van der Waals surface area contributed by atoms with Gasteiger partial charge in [-0.2, -0.15) is 0 Å². The van der Waals surface area contributed by atoms with E-state index in [1.807, 2.05) is 18.2 Å². The Bertz CT molecular complexity index is 470. The molecule has 1 aromatic carbocycles. The Morgan fingerprint density at radius 3 is 2.74 bits per heavy atom. The third-order valence-corrected chi connectivity index (χ3v) is 3.73. The van der Waals surface area contributed by atoms with E-state index in [9.17, 15) is 4.79 Å². The highest BCUT2D eigenvalue weighted by molar-refractivity contribution is 5.90. The van der Waals surface area contributed by atoms with Crippen molar-refractivity contribution in [2.45, 2.75) is 45.6 Å². The SMILES string of the molecule is CCC1CC1NC(=O)Nc1ccc(C(C)C)c(N)c1. The van der Waals surface area contributed by atoms with Gasteiger partial charge in [-0.05, 0) is 36.0 Å². The van der Waals surface area contributed by atoms with Crippen LogP contribution in [0.3, 0.4) is 0 Å². The predicted molar refractivity (Wildman–Crippen MR) is 79.3 cm³/mol. The summed E-state index contributed by atoms with van der Waals surface area (Å²) in [5.74, 6) is 1.04. The molecule has 4 heteroatoms. The van der Waals surface area contributed by atoms with E-state index >= 15 is 0 Å². The van der Waals surface area contributed by atoms with E-state index < -0.39 is 0 Å². The fraction of sp³-hybridized carbons (Fsp3) is 0.533. The molecular formula is C15H23N3O. The van der Waals surface area contributed by atoms with E-state index in [4.69, 9.17) is 5.73 Å². The molecule has 0 heterocycles. The number of nitrogens with one attached hydrogen (secondary N) is 2. The van der Waals surface area contributed by atoms with Crippen LogP contribution in [0.25, 0.3) is 0 Å². The number of amides is 2. The van der Waals surface area contributed by atoms with E-state index in [1.165, 1.54) is 0 Å². The van der Waals surface area contributed by atoms with Gasteiger partial charge in [0.05, 0.1) is 0 Å². The molecule has 1 fully saturated rings. The van der Waals surface area contributed by atoms with Gasteiger partial charge in [0.25, 0.3) is 0 Å². The van der Waals surface area contributed by atoms with Crippen molar-refractivity contribution in [3.05, 3.63) is 23.8 Å². The van der Waals surface area contributed by atoms with Crippen molar-refractivity contribution in [3.8, 4) is 0 Å². The molecule has 4 N–H and O–H groups in total. The van der Waals surface area contributed by atoms with Crippen molar-refractivity contribution >= 4 is 17.4 Å². The van der Waals surface area contributed by atoms with Gasteiger partial charge in [0, 0.05) is 17.4 Å². The summed E-state index contributed by atoms with van der Waals surface area (Å²) in [6.45, 7) is 6.35. The van der Waals surface area contributed by atoms with Crippen LogP contribution >= 0.6 is 0 Å². The van der Waals surface area contributed by atoms with Gasteiger partial charge in [-0.3, -0.25) is 0 Å². The number of nitrogens with two attached hydrogens (primary N) is 1. The van der Waals surface area contributed by atoms with Gasteiger partial charge in [-0.25, -0.2) is 4.79 Å². The van der Waals surface area contributed by atoms with E-state index in [0.717, 1.165) is 29.8 Å². The summed E-state index contributed by atoms with van der Waals surface area (Å²) < 4.78 is 0. The molecule has 2 atom stereocenters. The predicted octanol–water partition coefficient (Wildman–Crippen LogP) is 3.31. The maximum absolute atomic E-state index is 11.8. The van der Waals surface area contributed by atoms with Gasteiger partial charge in [0.2, 0.25) is 0 Å². The Morgan fingerprint density at radius 1 is 1.47 bits per heavy atom. The first kappa shape index (κ1) is 13.7. The zero-order valence-electron chi connectivity index (χ0n) is 11.9. The highest BCUT2D eigenvalue weighted by atomic mass is 16.2.